The highest BCUT2D eigenvalue weighted by Gasteiger charge is 2.47. The molecule has 45 heteroatoms. The first-order valence-electron chi connectivity index (χ1n) is 45.6. The predicted molar refractivity (Wildman–Crippen MR) is 492 cm³/mol. The number of likely N-dealkylation sites (N-methyl/N-ethyl adjacent to an activating group) is 2. The van der Waals surface area contributed by atoms with Crippen LogP contribution in [0.25, 0.3) is 21.8 Å². The van der Waals surface area contributed by atoms with Gasteiger partial charge in [0.05, 0.1) is 31.7 Å². The lowest BCUT2D eigenvalue weighted by molar-refractivity contribution is -0.149. The van der Waals surface area contributed by atoms with Crippen LogP contribution in [0.15, 0.2) is 97.7 Å². The van der Waals surface area contributed by atoms with Crippen molar-refractivity contribution >= 4 is 146 Å². The number of carboxylic acid groups (broad SMARTS) is 1. The molecule has 6 aromatic rings. The Morgan fingerprint density at radius 2 is 0.949 bits per heavy atom. The number of carbonyl (C=O) groups excluding carboxylic acids is 18. The Hall–Kier alpha value is -14.0. The first-order valence-corrected chi connectivity index (χ1v) is 46.8. The summed E-state index contributed by atoms with van der Waals surface area (Å²) in [7, 11) is 2.60. The lowest BCUT2D eigenvalue weighted by Gasteiger charge is -2.38. The Morgan fingerprint density at radius 1 is 0.471 bits per heavy atom. The van der Waals surface area contributed by atoms with Crippen LogP contribution in [0.5, 0.6) is 5.75 Å². The van der Waals surface area contributed by atoms with E-state index in [1.54, 1.807) is 67.8 Å². The maximum atomic E-state index is 15.7. The molecule has 14 atom stereocenters. The Labute approximate surface area is 787 Å². The zero-order chi connectivity index (χ0) is 98.6. The standard InChI is InChI=1S/C91H122N22O22S/c1-5-7-21-68-83(127)101-59(31-33-77(120)121)79(123)108-67(78(122)98-45-75(94)118)47-136-48-76(119)100-63(37-50-26-28-54(115)29-27-50)89(133)111-34-14-13-23-69(111)86(130)106-65(41-74(93)117)90(134)113-36-16-25-71(113)85(129)104-62(40-53-44-95-49-99-53)81(125)102-60(30-32-73(92)116)88(132)112-35-15-24-70(112)84(128)103-61(38-51-42-96-57-19-11-9-17-55(51)57)80(124)107-66(46-114)82(126)105-64(39-52-43-97-58-20-12-10-18-56(52)58)87(131)110(4)72(22-8-6-2)91(135)109(68)3/h9-12,17-20,26-29,42-44,49,59-72,96-97,114-115H,5-8,13-16,21-25,30-41,45-48H2,1-4H3,(H2,92,116)(H2,93,117)(H2,94,118)(H,95,99)(H,98,122)(H,100,119)(H,101,127)(H,102,125)(H,103,128)(H,104,129)(H,105,126)(H,106,130)(H,107,124)(H,108,123)(H,120,121)/t59-,60-,61-,62-,63-,64-,65-,66-,67-,68-,69-,70-,71-,72-/m0/s1. The van der Waals surface area contributed by atoms with Crippen molar-refractivity contribution in [3.8, 4) is 5.75 Å². The second-order valence-corrected chi connectivity index (χ2v) is 35.5. The number of aliphatic carboxylic acids is 1. The number of benzene rings is 3. The van der Waals surface area contributed by atoms with Gasteiger partial charge in [-0.2, -0.15) is 0 Å². The number of fused-ring (bicyclic) bond motifs is 5. The lowest BCUT2D eigenvalue weighted by atomic mass is 9.97. The van der Waals surface area contributed by atoms with Crippen LogP contribution < -0.4 is 70.4 Å². The molecule has 0 aliphatic carbocycles. The monoisotopic (exact) mass is 1910 g/mol. The molecule has 0 radical (unpaired) electrons. The van der Waals surface area contributed by atoms with Crippen LogP contribution >= 0.6 is 11.8 Å². The number of aliphatic hydroxyl groups is 1. The quantitative estimate of drug-likeness (QED) is 0.0266. The Balaban J connectivity index is 1.02. The number of hydrogen-bond donors (Lipinski definition) is 19. The number of nitrogens with two attached hydrogens (primary N) is 3. The number of nitrogens with one attached hydrogen (secondary N) is 13. The summed E-state index contributed by atoms with van der Waals surface area (Å²) in [5.41, 5.74) is 19.8. The second-order valence-electron chi connectivity index (χ2n) is 34.5. The molecule has 4 aliphatic rings. The van der Waals surface area contributed by atoms with Crippen LogP contribution in [0.3, 0.4) is 0 Å². The Kier molecular flexibility index (Phi) is 38.1. The fourth-order valence-electron chi connectivity index (χ4n) is 17.4. The van der Waals surface area contributed by atoms with Gasteiger partial charge in [-0.05, 0) is 112 Å². The van der Waals surface area contributed by atoms with Crippen molar-refractivity contribution in [1.29, 1.82) is 0 Å². The van der Waals surface area contributed by atoms with Gasteiger partial charge < -0.3 is 125 Å². The van der Waals surface area contributed by atoms with Gasteiger partial charge in [0, 0.05) is 124 Å². The minimum atomic E-state index is -1.90. The number of piperidine rings is 1. The van der Waals surface area contributed by atoms with Crippen LogP contribution in [0.4, 0.5) is 0 Å². The van der Waals surface area contributed by atoms with Gasteiger partial charge in [-0.3, -0.25) is 91.1 Å². The number of phenols is 1. The Morgan fingerprint density at radius 3 is 1.50 bits per heavy atom. The number of H-pyrrole nitrogens is 3. The summed E-state index contributed by atoms with van der Waals surface area (Å²) in [6.45, 7) is 1.38. The summed E-state index contributed by atoms with van der Waals surface area (Å²) in [5, 5.41) is 58.9. The third-order valence-corrected chi connectivity index (χ3v) is 25.7. The molecule has 4 aliphatic heterocycles. The van der Waals surface area contributed by atoms with E-state index in [0.29, 0.717) is 70.6 Å². The molecule has 0 spiro atoms. The van der Waals surface area contributed by atoms with E-state index in [1.807, 2.05) is 6.92 Å². The molecule has 0 unspecified atom stereocenters. The van der Waals surface area contributed by atoms with E-state index in [2.05, 4.69) is 73.1 Å². The molecule has 4 saturated heterocycles. The fourth-order valence-corrected chi connectivity index (χ4v) is 18.3. The summed E-state index contributed by atoms with van der Waals surface area (Å²) in [5.74, 6) is -20.1. The van der Waals surface area contributed by atoms with Gasteiger partial charge in [0.2, 0.25) is 106 Å². The summed E-state index contributed by atoms with van der Waals surface area (Å²) >= 11 is 0.723. The SMILES string of the molecule is CCCC[C@H]1C(=O)N(C)[C@@H](CCCC)C(=O)N[C@@H](CCC(=O)O)C(=O)N[C@H](C(=O)NCC(N)=O)CSCC(=O)N[C@@H](Cc2ccc(O)cc2)C(=O)N2CCCC[C@H]2C(=O)N[C@@H](CC(N)=O)C(=O)N2CCC[C@H]2C(=O)N[C@@H](Cc2cnc[nH]2)C(=O)N[C@@H](CCC(N)=O)C(=O)N2CCC[C@H]2C(=O)N[C@@H](Cc2c[nH]c3ccccc23)C(=O)N[C@@H](CO)C(=O)N[C@@H](Cc2c[nH]c3ccccc23)C(=O)N1C. The molecule has 10 rings (SSSR count). The van der Waals surface area contributed by atoms with Crippen molar-refractivity contribution in [3.63, 3.8) is 0 Å². The lowest BCUT2D eigenvalue weighted by Crippen LogP contribution is -2.62. The number of nitrogens with zero attached hydrogens (tertiary/aromatic N) is 6. The number of primary amides is 3. The fraction of sp³-hybridized carbons (Fsp3) is 0.516. The molecule has 22 N–H and O–H groups in total. The van der Waals surface area contributed by atoms with E-state index in [0.717, 1.165) is 31.4 Å². The van der Waals surface area contributed by atoms with Crippen LogP contribution in [-0.2, 0) is 117 Å². The van der Waals surface area contributed by atoms with Crippen LogP contribution in [-0.4, -0.2) is 315 Å². The van der Waals surface area contributed by atoms with Crippen molar-refractivity contribution in [2.75, 3.05) is 58.4 Å². The number of unbranched alkanes of at least 4 members (excludes halogenated alkanes) is 2. The number of aromatic nitrogens is 4. The molecular weight excluding hydrogens is 1790 g/mol. The normalized spacial score (nSPS) is 24.6. The molecular formula is C91H122N22O22S. The van der Waals surface area contributed by atoms with Crippen molar-refractivity contribution in [2.24, 2.45) is 17.2 Å². The number of phenolic OH excluding ortho intramolecular Hbond substituents is 1. The summed E-state index contributed by atoms with van der Waals surface area (Å²) in [4.78, 5) is 295. The first-order chi connectivity index (χ1) is 65.1. The third-order valence-electron chi connectivity index (χ3n) is 24.7. The zero-order valence-electron chi connectivity index (χ0n) is 76.2. The number of carboxylic acids is 1. The molecule has 136 heavy (non-hydrogen) atoms. The average molecular weight is 1910 g/mol. The number of hydrogen-bond acceptors (Lipinski definition) is 23. The molecule has 44 nitrogen and oxygen atoms in total. The minimum Gasteiger partial charge on any atom is -0.508 e. The number of rotatable bonds is 26. The van der Waals surface area contributed by atoms with E-state index in [-0.39, 0.29) is 108 Å². The number of aromatic hydroxyl groups is 1. The largest absolute Gasteiger partial charge is 0.508 e. The highest BCUT2D eigenvalue weighted by molar-refractivity contribution is 8.00. The van der Waals surface area contributed by atoms with Crippen LogP contribution in [0, 0.1) is 0 Å². The maximum Gasteiger partial charge on any atom is 0.303 e. The number of thioether (sulfide) groups is 1. The number of carbonyl (C=O) groups is 19. The van der Waals surface area contributed by atoms with Crippen LogP contribution in [0.2, 0.25) is 0 Å². The topological polar surface area (TPSA) is 660 Å². The molecule has 734 valence electrons. The minimum absolute atomic E-state index is 0.0245. The smallest absolute Gasteiger partial charge is 0.303 e. The summed E-state index contributed by atoms with van der Waals surface area (Å²) in [6, 6.07) is -2.73. The van der Waals surface area contributed by atoms with Gasteiger partial charge >= 0.3 is 5.97 Å². The summed E-state index contributed by atoms with van der Waals surface area (Å²) < 4.78 is 0. The predicted octanol–water partition coefficient (Wildman–Crippen LogP) is -2.54. The number of amides is 18. The first kappa shape index (κ1) is 104. The average Bonchev–Trinajstić information content (AvgIpc) is 1.41. The van der Waals surface area contributed by atoms with E-state index in [1.165, 1.54) is 55.8 Å². The van der Waals surface area contributed by atoms with E-state index in [4.69, 9.17) is 17.2 Å². The van der Waals surface area contributed by atoms with Gasteiger partial charge in [0.25, 0.3) is 0 Å². The summed E-state index contributed by atoms with van der Waals surface area (Å²) in [6.07, 6.45) is 3.74. The molecule has 0 bridgehead atoms. The van der Waals surface area contributed by atoms with Gasteiger partial charge in [-0.25, -0.2) is 4.98 Å². The van der Waals surface area contributed by atoms with Gasteiger partial charge in [-0.15, -0.1) is 11.8 Å². The molecule has 3 aromatic heterocycles. The molecule has 18 amide bonds. The van der Waals surface area contributed by atoms with Crippen molar-refractivity contribution in [3.05, 3.63) is 120 Å². The van der Waals surface area contributed by atoms with Crippen molar-refractivity contribution < 1.29 is 106 Å². The van der Waals surface area contributed by atoms with Crippen LogP contribution in [0.1, 0.15) is 152 Å². The maximum absolute atomic E-state index is 15.7. The van der Waals surface area contributed by atoms with Crippen molar-refractivity contribution in [2.45, 2.75) is 240 Å². The highest BCUT2D eigenvalue weighted by Crippen LogP contribution is 2.29. The molecule has 3 aromatic carbocycles. The molecule has 0 saturated carbocycles. The van der Waals surface area contributed by atoms with E-state index >= 15 is 47.9 Å². The van der Waals surface area contributed by atoms with Crippen molar-refractivity contribution in [1.82, 2.24) is 97.6 Å². The van der Waals surface area contributed by atoms with E-state index < -0.39 is 254 Å². The number of aliphatic hydroxyl groups excluding tert-OH is 1. The van der Waals surface area contributed by atoms with Gasteiger partial charge in [0.15, 0.2) is 0 Å². The Bertz CT molecular complexity index is 5320. The number of aromatic amines is 3. The highest BCUT2D eigenvalue weighted by atomic mass is 32.2. The third kappa shape index (κ3) is 28.3. The number of para-hydroxylation sites is 2. The number of imidazole rings is 1. The zero-order valence-corrected chi connectivity index (χ0v) is 77.1. The van der Waals surface area contributed by atoms with E-state index in [9.17, 15) is 58.5 Å². The molecule has 4 fully saturated rings. The second kappa shape index (κ2) is 49.8. The van der Waals surface area contributed by atoms with Gasteiger partial charge in [0.1, 0.15) is 90.3 Å². The molecule has 7 heterocycles. The van der Waals surface area contributed by atoms with Gasteiger partial charge in [-0.1, -0.05) is 88.1 Å².